The third-order valence-corrected chi connectivity index (χ3v) is 4.01. The molecule has 0 aliphatic heterocycles. The topological polar surface area (TPSA) is 40.5 Å². The van der Waals surface area contributed by atoms with Crippen LogP contribution < -0.4 is 0 Å². The number of hydrogen-bond donors (Lipinski definition) is 2. The Morgan fingerprint density at radius 2 is 1.33 bits per heavy atom. The highest BCUT2D eigenvalue weighted by Gasteiger charge is 2.11. The highest BCUT2D eigenvalue weighted by atomic mass is 16.3. The zero-order chi connectivity index (χ0) is 15.6. The Morgan fingerprint density at radius 1 is 0.762 bits per heavy atom. The second-order valence-corrected chi connectivity index (χ2v) is 5.74. The summed E-state index contributed by atoms with van der Waals surface area (Å²) in [6.07, 6.45) is 2.32. The van der Waals surface area contributed by atoms with Crippen LogP contribution in [-0.2, 0) is 19.3 Å². The van der Waals surface area contributed by atoms with Crippen molar-refractivity contribution in [3.8, 4) is 11.5 Å². The van der Waals surface area contributed by atoms with E-state index in [1.165, 1.54) is 5.56 Å². The summed E-state index contributed by atoms with van der Waals surface area (Å²) in [7, 11) is 0. The summed E-state index contributed by atoms with van der Waals surface area (Å²) >= 11 is 0. The summed E-state index contributed by atoms with van der Waals surface area (Å²) in [5.74, 6) is 0.802. The molecule has 0 heterocycles. The maximum Gasteiger partial charge on any atom is 0.122 e. The Morgan fingerprint density at radius 3 is 1.95 bits per heavy atom. The SMILES string of the molecule is CCc1cc(Cc2cc(C)cc(CC)c2O)cc(C)c1O. The average Bonchev–Trinajstić information content (AvgIpc) is 2.46. The minimum Gasteiger partial charge on any atom is -0.507 e. The van der Waals surface area contributed by atoms with Gasteiger partial charge in [-0.1, -0.05) is 43.7 Å². The molecule has 0 unspecified atom stereocenters. The minimum absolute atomic E-state index is 0.393. The summed E-state index contributed by atoms with van der Waals surface area (Å²) in [4.78, 5) is 0. The second kappa shape index (κ2) is 6.21. The lowest BCUT2D eigenvalue weighted by Crippen LogP contribution is -1.96. The van der Waals surface area contributed by atoms with Crippen molar-refractivity contribution in [3.05, 3.63) is 57.6 Å². The molecule has 21 heavy (non-hydrogen) atoms. The number of aromatic hydroxyl groups is 2. The van der Waals surface area contributed by atoms with E-state index in [-0.39, 0.29) is 0 Å². The number of phenolic OH excluding ortho intramolecular Hbond substituents is 2. The van der Waals surface area contributed by atoms with Gasteiger partial charge in [0, 0.05) is 6.42 Å². The summed E-state index contributed by atoms with van der Waals surface area (Å²) in [6.45, 7) is 8.07. The highest BCUT2D eigenvalue weighted by molar-refractivity contribution is 5.48. The van der Waals surface area contributed by atoms with E-state index in [2.05, 4.69) is 13.8 Å². The Kier molecular flexibility index (Phi) is 4.56. The number of hydrogen-bond acceptors (Lipinski definition) is 2. The lowest BCUT2D eigenvalue weighted by atomic mass is 9.95. The summed E-state index contributed by atoms with van der Waals surface area (Å²) in [5, 5.41) is 20.4. The molecule has 0 radical (unpaired) electrons. The summed E-state index contributed by atoms with van der Waals surface area (Å²) in [5.41, 5.74) is 6.12. The molecule has 2 aromatic carbocycles. The van der Waals surface area contributed by atoms with Gasteiger partial charge in [0.2, 0.25) is 0 Å². The third kappa shape index (κ3) is 3.21. The van der Waals surface area contributed by atoms with Crippen LogP contribution >= 0.6 is 0 Å². The normalized spacial score (nSPS) is 10.9. The molecule has 112 valence electrons. The first-order valence-electron chi connectivity index (χ1n) is 7.59. The molecular weight excluding hydrogens is 260 g/mol. The zero-order valence-electron chi connectivity index (χ0n) is 13.3. The van der Waals surface area contributed by atoms with Gasteiger partial charge in [-0.25, -0.2) is 0 Å². The van der Waals surface area contributed by atoms with Crippen molar-refractivity contribution in [2.45, 2.75) is 47.0 Å². The van der Waals surface area contributed by atoms with E-state index in [9.17, 15) is 10.2 Å². The molecule has 0 bridgehead atoms. The second-order valence-electron chi connectivity index (χ2n) is 5.74. The molecule has 0 aliphatic rings. The first-order chi connectivity index (χ1) is 9.96. The molecule has 0 amide bonds. The number of benzene rings is 2. The van der Waals surface area contributed by atoms with Gasteiger partial charge >= 0.3 is 0 Å². The zero-order valence-corrected chi connectivity index (χ0v) is 13.3. The molecule has 2 N–H and O–H groups in total. The van der Waals surface area contributed by atoms with Gasteiger partial charge in [0.05, 0.1) is 0 Å². The molecule has 2 heteroatoms. The first kappa shape index (κ1) is 15.4. The molecule has 0 saturated heterocycles. The van der Waals surface area contributed by atoms with Gasteiger partial charge in [-0.3, -0.25) is 0 Å². The maximum atomic E-state index is 10.4. The molecule has 0 atom stereocenters. The fourth-order valence-electron chi connectivity index (χ4n) is 2.86. The fraction of sp³-hybridized carbons (Fsp3) is 0.368. The van der Waals surface area contributed by atoms with Crippen molar-refractivity contribution >= 4 is 0 Å². The lowest BCUT2D eigenvalue weighted by Gasteiger charge is -2.13. The van der Waals surface area contributed by atoms with Gasteiger partial charge in [-0.05, 0) is 54.5 Å². The quantitative estimate of drug-likeness (QED) is 0.872. The number of rotatable bonds is 4. The van der Waals surface area contributed by atoms with Crippen LogP contribution in [-0.4, -0.2) is 10.2 Å². The van der Waals surface area contributed by atoms with Crippen molar-refractivity contribution in [2.75, 3.05) is 0 Å². The standard InChI is InChI=1S/C19H24O2/c1-5-15-7-12(3)8-17(19(15)21)11-14-9-13(4)18(20)16(6-2)10-14/h7-10,20-21H,5-6,11H2,1-4H3. The minimum atomic E-state index is 0.393. The van der Waals surface area contributed by atoms with E-state index in [4.69, 9.17) is 0 Å². The van der Waals surface area contributed by atoms with Crippen molar-refractivity contribution in [2.24, 2.45) is 0 Å². The van der Waals surface area contributed by atoms with Crippen LogP contribution in [0.5, 0.6) is 11.5 Å². The van der Waals surface area contributed by atoms with Crippen LogP contribution in [0.15, 0.2) is 24.3 Å². The van der Waals surface area contributed by atoms with Crippen molar-refractivity contribution < 1.29 is 10.2 Å². The van der Waals surface area contributed by atoms with Crippen molar-refractivity contribution in [1.29, 1.82) is 0 Å². The van der Waals surface area contributed by atoms with Crippen molar-refractivity contribution in [3.63, 3.8) is 0 Å². The molecule has 2 aromatic rings. The van der Waals surface area contributed by atoms with Crippen LogP contribution in [0.2, 0.25) is 0 Å². The van der Waals surface area contributed by atoms with Crippen LogP contribution in [0.25, 0.3) is 0 Å². The van der Waals surface area contributed by atoms with Gasteiger partial charge in [-0.2, -0.15) is 0 Å². The third-order valence-electron chi connectivity index (χ3n) is 4.01. The average molecular weight is 284 g/mol. The predicted octanol–water partition coefficient (Wildman–Crippen LogP) is 4.43. The van der Waals surface area contributed by atoms with Gasteiger partial charge in [0.15, 0.2) is 0 Å². The Hall–Kier alpha value is -1.96. The molecule has 0 aliphatic carbocycles. The summed E-state index contributed by atoms with van der Waals surface area (Å²) in [6, 6.07) is 8.12. The summed E-state index contributed by atoms with van der Waals surface area (Å²) < 4.78 is 0. The van der Waals surface area contributed by atoms with Crippen LogP contribution in [0, 0.1) is 13.8 Å². The fourth-order valence-corrected chi connectivity index (χ4v) is 2.86. The first-order valence-corrected chi connectivity index (χ1v) is 7.59. The molecule has 0 saturated carbocycles. The number of phenols is 2. The molecule has 0 aromatic heterocycles. The highest BCUT2D eigenvalue weighted by Crippen LogP contribution is 2.30. The van der Waals surface area contributed by atoms with E-state index in [1.807, 2.05) is 38.1 Å². The van der Waals surface area contributed by atoms with E-state index >= 15 is 0 Å². The Labute approximate surface area is 127 Å². The Bertz CT molecular complexity index is 657. The monoisotopic (exact) mass is 284 g/mol. The lowest BCUT2D eigenvalue weighted by molar-refractivity contribution is 0.462. The van der Waals surface area contributed by atoms with Crippen molar-refractivity contribution in [1.82, 2.24) is 0 Å². The van der Waals surface area contributed by atoms with Crippen LogP contribution in [0.3, 0.4) is 0 Å². The molecule has 2 rings (SSSR count). The Balaban J connectivity index is 2.43. The van der Waals surface area contributed by atoms with E-state index in [0.717, 1.165) is 40.7 Å². The molecular formula is C19H24O2. The van der Waals surface area contributed by atoms with Crippen LogP contribution in [0.1, 0.15) is 47.2 Å². The smallest absolute Gasteiger partial charge is 0.122 e. The van der Waals surface area contributed by atoms with Gasteiger partial charge < -0.3 is 10.2 Å². The molecule has 0 fully saturated rings. The van der Waals surface area contributed by atoms with Gasteiger partial charge in [0.25, 0.3) is 0 Å². The van der Waals surface area contributed by atoms with Gasteiger partial charge in [-0.15, -0.1) is 0 Å². The molecule has 2 nitrogen and oxygen atoms in total. The largest absolute Gasteiger partial charge is 0.507 e. The predicted molar refractivity (Wildman–Crippen MR) is 87.2 cm³/mol. The van der Waals surface area contributed by atoms with Crippen LogP contribution in [0.4, 0.5) is 0 Å². The van der Waals surface area contributed by atoms with E-state index in [1.54, 1.807) is 0 Å². The molecule has 0 spiro atoms. The van der Waals surface area contributed by atoms with E-state index in [0.29, 0.717) is 17.9 Å². The number of aryl methyl sites for hydroxylation is 4. The van der Waals surface area contributed by atoms with E-state index < -0.39 is 0 Å². The van der Waals surface area contributed by atoms with Gasteiger partial charge in [0.1, 0.15) is 11.5 Å². The maximum absolute atomic E-state index is 10.4.